The first kappa shape index (κ1) is 20.3. The van der Waals surface area contributed by atoms with Crippen LogP contribution < -0.4 is 10.1 Å². The second kappa shape index (κ2) is 9.66. The number of nitrogens with one attached hydrogen (secondary N) is 1. The Labute approximate surface area is 170 Å². The number of aryl methyl sites for hydroxylation is 1. The minimum atomic E-state index is -2.55. The van der Waals surface area contributed by atoms with Crippen LogP contribution in [0.4, 0.5) is 14.5 Å². The Balaban J connectivity index is 1.55. The van der Waals surface area contributed by atoms with Crippen molar-refractivity contribution in [2.75, 3.05) is 5.32 Å². The lowest BCUT2D eigenvalue weighted by Gasteiger charge is -2.09. The summed E-state index contributed by atoms with van der Waals surface area (Å²) >= 11 is 1.82. The second-order valence-electron chi connectivity index (χ2n) is 5.93. The molecule has 0 spiro atoms. The third-order valence-corrected chi connectivity index (χ3v) is 5.36. The number of carbonyl (C=O) groups excluding carboxylic acids is 1. The predicted octanol–water partition coefficient (Wildman–Crippen LogP) is 5.53. The zero-order valence-corrected chi connectivity index (χ0v) is 16.7. The summed E-state index contributed by atoms with van der Waals surface area (Å²) in [6, 6.07) is 14.2. The average Bonchev–Trinajstić information content (AvgIpc) is 3.10. The van der Waals surface area contributed by atoms with Crippen LogP contribution in [0.15, 0.2) is 58.8 Å². The lowest BCUT2D eigenvalue weighted by Crippen LogP contribution is -2.15. The van der Waals surface area contributed by atoms with E-state index in [0.717, 1.165) is 16.3 Å². The van der Waals surface area contributed by atoms with Crippen molar-refractivity contribution in [3.05, 3.63) is 70.2 Å². The Kier molecular flexibility index (Phi) is 7.00. The van der Waals surface area contributed by atoms with Gasteiger partial charge in [0.2, 0.25) is 5.91 Å². The molecule has 0 aliphatic heterocycles. The molecule has 0 atom stereocenters. The van der Waals surface area contributed by atoms with Crippen molar-refractivity contribution in [3.63, 3.8) is 0 Å². The number of rotatable bonds is 8. The highest BCUT2D eigenvalue weighted by molar-refractivity contribution is 7.99. The van der Waals surface area contributed by atoms with Gasteiger partial charge >= 0.3 is 0 Å². The normalized spacial score (nSPS) is 10.9. The van der Waals surface area contributed by atoms with E-state index in [1.807, 2.05) is 31.2 Å². The minimum Gasteiger partial charge on any atom is -0.486 e. The van der Waals surface area contributed by atoms with E-state index in [4.69, 9.17) is 4.74 Å². The standard InChI is InChI=1S/C20H18F2N2O2S2/c1-13-6-8-15(9-7-13)26-11-19-23-14(12-27-19)10-18(25)24-16-4-2-3-5-17(16)28-20(21)22/h2-9,12,20H,10-11H2,1H3,(H,24,25). The summed E-state index contributed by atoms with van der Waals surface area (Å²) in [6.07, 6.45) is 0.0642. The summed E-state index contributed by atoms with van der Waals surface area (Å²) in [7, 11) is 0. The molecular formula is C20H18F2N2O2S2. The smallest absolute Gasteiger partial charge is 0.288 e. The molecule has 1 N–H and O–H groups in total. The first-order chi connectivity index (χ1) is 13.5. The Morgan fingerprint density at radius 1 is 1.21 bits per heavy atom. The molecule has 146 valence electrons. The first-order valence-electron chi connectivity index (χ1n) is 8.46. The Morgan fingerprint density at radius 3 is 2.71 bits per heavy atom. The van der Waals surface area contributed by atoms with Gasteiger partial charge in [0.05, 0.1) is 17.8 Å². The van der Waals surface area contributed by atoms with Crippen LogP contribution in [0.1, 0.15) is 16.3 Å². The van der Waals surface area contributed by atoms with Gasteiger partial charge in [0.25, 0.3) is 5.76 Å². The third kappa shape index (κ3) is 6.03. The zero-order chi connectivity index (χ0) is 19.9. The van der Waals surface area contributed by atoms with E-state index in [-0.39, 0.29) is 12.3 Å². The number of amides is 1. The second-order valence-corrected chi connectivity index (χ2v) is 7.91. The maximum atomic E-state index is 12.6. The number of hydrogen-bond acceptors (Lipinski definition) is 5. The van der Waals surface area contributed by atoms with Gasteiger partial charge in [0, 0.05) is 10.3 Å². The molecule has 28 heavy (non-hydrogen) atoms. The molecule has 0 aliphatic rings. The van der Waals surface area contributed by atoms with Gasteiger partial charge in [-0.3, -0.25) is 4.79 Å². The van der Waals surface area contributed by atoms with E-state index < -0.39 is 5.76 Å². The van der Waals surface area contributed by atoms with Crippen molar-refractivity contribution in [2.24, 2.45) is 0 Å². The zero-order valence-electron chi connectivity index (χ0n) is 15.0. The number of hydrogen-bond donors (Lipinski definition) is 1. The number of benzene rings is 2. The van der Waals surface area contributed by atoms with Crippen LogP contribution in [0.2, 0.25) is 0 Å². The largest absolute Gasteiger partial charge is 0.486 e. The number of para-hydroxylation sites is 1. The van der Waals surface area contributed by atoms with Gasteiger partial charge in [-0.2, -0.15) is 8.78 Å². The number of thioether (sulfide) groups is 1. The topological polar surface area (TPSA) is 51.2 Å². The number of alkyl halides is 2. The van der Waals surface area contributed by atoms with E-state index in [1.54, 1.807) is 29.6 Å². The van der Waals surface area contributed by atoms with Crippen LogP contribution in [-0.4, -0.2) is 16.6 Å². The molecule has 4 nitrogen and oxygen atoms in total. The Bertz CT molecular complexity index is 930. The number of carbonyl (C=O) groups is 1. The number of nitrogens with zero attached hydrogens (tertiary/aromatic N) is 1. The van der Waals surface area contributed by atoms with Gasteiger partial charge in [-0.25, -0.2) is 4.98 Å². The van der Waals surface area contributed by atoms with Gasteiger partial charge in [0.15, 0.2) is 0 Å². The molecule has 0 radical (unpaired) electrons. The predicted molar refractivity (Wildman–Crippen MR) is 108 cm³/mol. The highest BCUT2D eigenvalue weighted by atomic mass is 32.2. The third-order valence-electron chi connectivity index (χ3n) is 3.70. The molecule has 3 rings (SSSR count). The molecule has 2 aromatic carbocycles. The molecule has 0 aliphatic carbocycles. The fourth-order valence-corrected chi connectivity index (χ4v) is 3.70. The maximum Gasteiger partial charge on any atom is 0.288 e. The van der Waals surface area contributed by atoms with Crippen molar-refractivity contribution in [2.45, 2.75) is 30.6 Å². The van der Waals surface area contributed by atoms with Crippen molar-refractivity contribution in [3.8, 4) is 5.75 Å². The molecule has 0 saturated carbocycles. The monoisotopic (exact) mass is 420 g/mol. The fraction of sp³-hybridized carbons (Fsp3) is 0.200. The van der Waals surface area contributed by atoms with Crippen molar-refractivity contribution in [1.29, 1.82) is 0 Å². The number of ether oxygens (including phenoxy) is 1. The summed E-state index contributed by atoms with van der Waals surface area (Å²) in [6.45, 7) is 2.33. The van der Waals surface area contributed by atoms with Crippen LogP contribution in [0, 0.1) is 6.92 Å². The molecule has 0 saturated heterocycles. The lowest BCUT2D eigenvalue weighted by molar-refractivity contribution is -0.115. The van der Waals surface area contributed by atoms with Gasteiger partial charge in [-0.05, 0) is 31.2 Å². The van der Waals surface area contributed by atoms with Gasteiger partial charge < -0.3 is 10.1 Å². The molecule has 1 amide bonds. The molecule has 0 bridgehead atoms. The van der Waals surface area contributed by atoms with E-state index in [0.29, 0.717) is 34.6 Å². The van der Waals surface area contributed by atoms with Crippen LogP contribution in [-0.2, 0) is 17.8 Å². The van der Waals surface area contributed by atoms with Crippen molar-refractivity contribution in [1.82, 2.24) is 4.98 Å². The van der Waals surface area contributed by atoms with Gasteiger partial charge in [-0.15, -0.1) is 11.3 Å². The summed E-state index contributed by atoms with van der Waals surface area (Å²) in [5.74, 6) is -2.10. The molecule has 3 aromatic rings. The van der Waals surface area contributed by atoms with E-state index >= 15 is 0 Å². The minimum absolute atomic E-state index is 0.0642. The van der Waals surface area contributed by atoms with E-state index in [1.165, 1.54) is 11.3 Å². The van der Waals surface area contributed by atoms with E-state index in [2.05, 4.69) is 10.3 Å². The SMILES string of the molecule is Cc1ccc(OCc2nc(CC(=O)Nc3ccccc3SC(F)F)cs2)cc1. The molecule has 0 unspecified atom stereocenters. The van der Waals surface area contributed by atoms with Gasteiger partial charge in [-0.1, -0.05) is 41.6 Å². The number of halogens is 2. The number of anilines is 1. The van der Waals surface area contributed by atoms with Gasteiger partial charge in [0.1, 0.15) is 17.4 Å². The fourth-order valence-electron chi connectivity index (χ4n) is 2.40. The quantitative estimate of drug-likeness (QED) is 0.487. The Hall–Kier alpha value is -2.45. The van der Waals surface area contributed by atoms with Crippen LogP contribution >= 0.6 is 23.1 Å². The summed E-state index contributed by atoms with van der Waals surface area (Å²) in [5, 5.41) is 5.24. The summed E-state index contributed by atoms with van der Waals surface area (Å²) in [5.41, 5.74) is 2.14. The van der Waals surface area contributed by atoms with Crippen LogP contribution in [0.3, 0.4) is 0 Å². The molecule has 8 heteroatoms. The summed E-state index contributed by atoms with van der Waals surface area (Å²) < 4.78 is 31.0. The molecular weight excluding hydrogens is 402 g/mol. The van der Waals surface area contributed by atoms with Crippen molar-refractivity contribution < 1.29 is 18.3 Å². The van der Waals surface area contributed by atoms with Crippen LogP contribution in [0.5, 0.6) is 5.75 Å². The van der Waals surface area contributed by atoms with Crippen molar-refractivity contribution >= 4 is 34.7 Å². The highest BCUT2D eigenvalue weighted by Crippen LogP contribution is 2.31. The Morgan fingerprint density at radius 2 is 1.96 bits per heavy atom. The number of aromatic nitrogens is 1. The molecule has 1 heterocycles. The lowest BCUT2D eigenvalue weighted by atomic mass is 10.2. The molecule has 1 aromatic heterocycles. The average molecular weight is 421 g/mol. The number of thiazole rings is 1. The maximum absolute atomic E-state index is 12.6. The first-order valence-corrected chi connectivity index (χ1v) is 10.2. The van der Waals surface area contributed by atoms with Crippen LogP contribution in [0.25, 0.3) is 0 Å². The molecule has 0 fully saturated rings. The highest BCUT2D eigenvalue weighted by Gasteiger charge is 2.13. The summed E-state index contributed by atoms with van der Waals surface area (Å²) in [4.78, 5) is 17.0. The van der Waals surface area contributed by atoms with E-state index in [9.17, 15) is 13.6 Å².